The van der Waals surface area contributed by atoms with Gasteiger partial charge in [0.05, 0.1) is 40.4 Å². The van der Waals surface area contributed by atoms with E-state index in [1.807, 2.05) is 56.4 Å². The topological polar surface area (TPSA) is 106 Å². The smallest absolute Gasteiger partial charge is 0.266 e. The number of halogens is 1. The van der Waals surface area contributed by atoms with Crippen molar-refractivity contribution in [2.75, 3.05) is 45.0 Å². The maximum Gasteiger partial charge on any atom is 0.266 e. The molecule has 0 radical (unpaired) electrons. The van der Waals surface area contributed by atoms with Crippen molar-refractivity contribution in [2.24, 2.45) is 7.05 Å². The molecule has 0 atom stereocenters. The van der Waals surface area contributed by atoms with Crippen molar-refractivity contribution in [2.45, 2.75) is 0 Å². The van der Waals surface area contributed by atoms with Crippen LogP contribution in [0.15, 0.2) is 60.3 Å². The molecule has 0 aliphatic heterocycles. The number of methoxy groups -OCH3 is 1. The summed E-state index contributed by atoms with van der Waals surface area (Å²) in [5, 5.41) is 11.3. The molecule has 192 valence electrons. The molecule has 37 heavy (non-hydrogen) atoms. The Morgan fingerprint density at radius 1 is 1.16 bits per heavy atom. The Morgan fingerprint density at radius 2 is 1.95 bits per heavy atom. The zero-order valence-electron chi connectivity index (χ0n) is 21.1. The lowest BCUT2D eigenvalue weighted by Gasteiger charge is -2.18. The number of hydrogen-bond acceptors (Lipinski definition) is 8. The molecule has 1 amide bonds. The van der Waals surface area contributed by atoms with Gasteiger partial charge in [-0.15, -0.1) is 0 Å². The standard InChI is InChI=1S/C26H28ClN7O3/c1-16(27)25(35)29-21-14-20(22(36-5)15-23(21)37-13-12-33(2)3)31-26-28-11-10-19(30-26)24-17-8-6-7-9-18(17)32-34(24)4/h6-11,14-15H,1,12-13H2,2-5H3,(H,29,35)(H,28,30,31). The van der Waals surface area contributed by atoms with Crippen LogP contribution >= 0.6 is 11.6 Å². The first kappa shape index (κ1) is 25.9. The lowest BCUT2D eigenvalue weighted by atomic mass is 10.1. The van der Waals surface area contributed by atoms with E-state index < -0.39 is 5.91 Å². The van der Waals surface area contributed by atoms with E-state index in [0.29, 0.717) is 47.7 Å². The number of benzene rings is 2. The third-order valence-corrected chi connectivity index (χ3v) is 5.65. The van der Waals surface area contributed by atoms with Crippen LogP contribution in [0.4, 0.5) is 17.3 Å². The maximum absolute atomic E-state index is 12.3. The van der Waals surface area contributed by atoms with Crippen LogP contribution in [0.1, 0.15) is 0 Å². The van der Waals surface area contributed by atoms with Gasteiger partial charge in [0.1, 0.15) is 18.1 Å². The first-order valence-electron chi connectivity index (χ1n) is 11.4. The van der Waals surface area contributed by atoms with Crippen molar-refractivity contribution < 1.29 is 14.3 Å². The average Bonchev–Trinajstić information content (AvgIpc) is 3.20. The molecular weight excluding hydrogens is 494 g/mol. The summed E-state index contributed by atoms with van der Waals surface area (Å²) in [4.78, 5) is 23.4. The monoisotopic (exact) mass is 521 g/mol. The zero-order valence-corrected chi connectivity index (χ0v) is 21.8. The highest BCUT2D eigenvalue weighted by molar-refractivity contribution is 6.43. The SMILES string of the molecule is C=C(Cl)C(=O)Nc1cc(Nc2nccc(-c3c4ccccc4nn3C)n2)c(OC)cc1OCCN(C)C. The van der Waals surface area contributed by atoms with E-state index in [4.69, 9.17) is 26.1 Å². The van der Waals surface area contributed by atoms with Crippen LogP contribution in [0.3, 0.4) is 0 Å². The number of anilines is 3. The molecule has 0 saturated heterocycles. The predicted octanol–water partition coefficient (Wildman–Crippen LogP) is 4.41. The van der Waals surface area contributed by atoms with Gasteiger partial charge in [0, 0.05) is 31.2 Å². The lowest BCUT2D eigenvalue weighted by molar-refractivity contribution is -0.112. The summed E-state index contributed by atoms with van der Waals surface area (Å²) >= 11 is 5.80. The fourth-order valence-corrected chi connectivity index (χ4v) is 3.74. The number of carbonyl (C=O) groups is 1. The van der Waals surface area contributed by atoms with Crippen LogP contribution in [-0.2, 0) is 11.8 Å². The number of ether oxygens (including phenoxy) is 2. The second-order valence-corrected chi connectivity index (χ2v) is 8.90. The molecular formula is C26H28ClN7O3. The number of hydrogen-bond donors (Lipinski definition) is 2. The van der Waals surface area contributed by atoms with Gasteiger partial charge in [-0.05, 0) is 32.3 Å². The first-order chi connectivity index (χ1) is 17.8. The Bertz CT molecular complexity index is 1450. The Balaban J connectivity index is 1.69. The second-order valence-electron chi connectivity index (χ2n) is 8.44. The van der Waals surface area contributed by atoms with Gasteiger partial charge in [0.15, 0.2) is 0 Å². The van der Waals surface area contributed by atoms with Crippen molar-refractivity contribution in [3.63, 3.8) is 0 Å². The Kier molecular flexibility index (Phi) is 7.90. The molecule has 0 saturated carbocycles. The molecule has 0 bridgehead atoms. The van der Waals surface area contributed by atoms with Gasteiger partial charge < -0.3 is 25.0 Å². The Morgan fingerprint density at radius 3 is 2.68 bits per heavy atom. The minimum Gasteiger partial charge on any atom is -0.494 e. The summed E-state index contributed by atoms with van der Waals surface area (Å²) in [7, 11) is 7.31. The fourth-order valence-electron chi connectivity index (χ4n) is 3.70. The number of carbonyl (C=O) groups excluding carboxylic acids is 1. The number of likely N-dealkylation sites (N-methyl/N-ethyl adjacent to an activating group) is 1. The van der Waals surface area contributed by atoms with Gasteiger partial charge in [-0.25, -0.2) is 9.97 Å². The minimum absolute atomic E-state index is 0.149. The van der Waals surface area contributed by atoms with Gasteiger partial charge in [0.25, 0.3) is 5.91 Å². The number of aromatic nitrogens is 4. The maximum atomic E-state index is 12.3. The molecule has 0 unspecified atom stereocenters. The van der Waals surface area contributed by atoms with Crippen molar-refractivity contribution in [1.29, 1.82) is 0 Å². The Labute approximate surface area is 219 Å². The van der Waals surface area contributed by atoms with Gasteiger partial charge in [0.2, 0.25) is 5.95 Å². The van der Waals surface area contributed by atoms with Crippen LogP contribution in [0.2, 0.25) is 0 Å². The molecule has 0 spiro atoms. The van der Waals surface area contributed by atoms with E-state index in [9.17, 15) is 4.79 Å². The molecule has 2 N–H and O–H groups in total. The van der Waals surface area contributed by atoms with Crippen LogP contribution in [0.25, 0.3) is 22.3 Å². The highest BCUT2D eigenvalue weighted by atomic mass is 35.5. The molecule has 4 rings (SSSR count). The summed E-state index contributed by atoms with van der Waals surface area (Å²) in [6.07, 6.45) is 1.66. The summed E-state index contributed by atoms with van der Waals surface area (Å²) in [6.45, 7) is 4.57. The quantitative estimate of drug-likeness (QED) is 0.295. The number of fused-ring (bicyclic) bond motifs is 1. The second kappa shape index (κ2) is 11.3. The highest BCUT2D eigenvalue weighted by Crippen LogP contribution is 2.38. The molecule has 0 aliphatic carbocycles. The van der Waals surface area contributed by atoms with E-state index in [0.717, 1.165) is 16.6 Å². The van der Waals surface area contributed by atoms with Crippen molar-refractivity contribution in [3.05, 3.63) is 60.3 Å². The normalized spacial score (nSPS) is 11.0. The van der Waals surface area contributed by atoms with Gasteiger partial charge in [-0.1, -0.05) is 36.4 Å². The van der Waals surface area contributed by atoms with E-state index in [1.54, 1.807) is 30.1 Å². The van der Waals surface area contributed by atoms with Crippen molar-refractivity contribution in [3.8, 4) is 22.9 Å². The fraction of sp³-hybridized carbons (Fsp3) is 0.231. The molecule has 4 aromatic rings. The molecule has 2 aromatic heterocycles. The minimum atomic E-state index is -0.545. The molecule has 10 nitrogen and oxygen atoms in total. The largest absolute Gasteiger partial charge is 0.494 e. The predicted molar refractivity (Wildman–Crippen MR) is 146 cm³/mol. The van der Waals surface area contributed by atoms with E-state index in [2.05, 4.69) is 27.3 Å². The highest BCUT2D eigenvalue weighted by Gasteiger charge is 2.17. The van der Waals surface area contributed by atoms with Crippen molar-refractivity contribution in [1.82, 2.24) is 24.6 Å². The third kappa shape index (κ3) is 5.99. The van der Waals surface area contributed by atoms with Crippen LogP contribution in [-0.4, -0.2) is 64.9 Å². The number of rotatable bonds is 10. The average molecular weight is 522 g/mol. The molecule has 2 heterocycles. The van der Waals surface area contributed by atoms with Crippen molar-refractivity contribution >= 4 is 45.7 Å². The number of amides is 1. The summed E-state index contributed by atoms with van der Waals surface area (Å²) in [5.41, 5.74) is 3.35. The van der Waals surface area contributed by atoms with Gasteiger partial charge in [-0.2, -0.15) is 5.10 Å². The molecule has 0 aliphatic rings. The number of aryl methyl sites for hydroxylation is 1. The number of nitrogens with one attached hydrogen (secondary N) is 2. The molecule has 2 aromatic carbocycles. The third-order valence-electron chi connectivity index (χ3n) is 5.48. The van der Waals surface area contributed by atoms with Crippen LogP contribution in [0, 0.1) is 0 Å². The summed E-state index contributed by atoms with van der Waals surface area (Å²) in [6, 6.07) is 13.1. The van der Waals surface area contributed by atoms with E-state index in [1.165, 1.54) is 0 Å². The van der Waals surface area contributed by atoms with Gasteiger partial charge in [-0.3, -0.25) is 9.48 Å². The zero-order chi connectivity index (χ0) is 26.5. The van der Waals surface area contributed by atoms with Crippen LogP contribution in [0.5, 0.6) is 11.5 Å². The summed E-state index contributed by atoms with van der Waals surface area (Å²) in [5.74, 6) is 0.687. The van der Waals surface area contributed by atoms with Crippen LogP contribution < -0.4 is 20.1 Å². The molecule has 11 heteroatoms. The summed E-state index contributed by atoms with van der Waals surface area (Å²) < 4.78 is 13.3. The number of nitrogens with zero attached hydrogens (tertiary/aromatic N) is 5. The van der Waals surface area contributed by atoms with E-state index >= 15 is 0 Å². The molecule has 0 fully saturated rings. The van der Waals surface area contributed by atoms with Gasteiger partial charge >= 0.3 is 0 Å². The first-order valence-corrected chi connectivity index (χ1v) is 11.8. The van der Waals surface area contributed by atoms with E-state index in [-0.39, 0.29) is 5.03 Å². The lowest BCUT2D eigenvalue weighted by Crippen LogP contribution is -2.20. The Hall–Kier alpha value is -4.15.